The number of nitro benzene ring substituents is 1. The van der Waals surface area contributed by atoms with Crippen LogP contribution in [-0.2, 0) is 0 Å². The summed E-state index contributed by atoms with van der Waals surface area (Å²) in [6.07, 6.45) is -0.634. The van der Waals surface area contributed by atoms with Crippen molar-refractivity contribution in [3.63, 3.8) is 0 Å². The van der Waals surface area contributed by atoms with Crippen LogP contribution in [0.4, 0.5) is 10.1 Å². The topological polar surface area (TPSA) is 72.6 Å². The summed E-state index contributed by atoms with van der Waals surface area (Å²) >= 11 is 1.11. The van der Waals surface area contributed by atoms with Crippen molar-refractivity contribution in [3.8, 4) is 5.75 Å². The quantitative estimate of drug-likeness (QED) is 0.508. The lowest BCUT2D eigenvalue weighted by atomic mass is 10.3. The van der Waals surface area contributed by atoms with Gasteiger partial charge in [-0.1, -0.05) is 6.92 Å². The zero-order chi connectivity index (χ0) is 13.9. The Morgan fingerprint density at radius 2 is 2.11 bits per heavy atom. The van der Waals surface area contributed by atoms with Gasteiger partial charge in [0.05, 0.1) is 29.1 Å². The fraction of sp³-hybridized carbons (Fsp3) is 0.455. The summed E-state index contributed by atoms with van der Waals surface area (Å²) in [6, 6.07) is 2.10. The van der Waals surface area contributed by atoms with E-state index in [1.165, 1.54) is 13.2 Å². The van der Waals surface area contributed by atoms with Crippen LogP contribution in [0.25, 0.3) is 0 Å². The van der Waals surface area contributed by atoms with Gasteiger partial charge in [-0.25, -0.2) is 4.39 Å². The molecule has 0 spiro atoms. The average molecular weight is 275 g/mol. The molecule has 0 fully saturated rings. The van der Waals surface area contributed by atoms with Gasteiger partial charge in [0.25, 0.3) is 5.69 Å². The average Bonchev–Trinajstić information content (AvgIpc) is 2.30. The smallest absolute Gasteiger partial charge is 0.286 e. The molecule has 2 unspecified atom stereocenters. The molecule has 0 bridgehead atoms. The van der Waals surface area contributed by atoms with Crippen molar-refractivity contribution in [2.75, 3.05) is 7.11 Å². The van der Waals surface area contributed by atoms with Crippen LogP contribution in [0, 0.1) is 15.9 Å². The maximum Gasteiger partial charge on any atom is 0.286 e. The van der Waals surface area contributed by atoms with Crippen LogP contribution in [0.15, 0.2) is 17.0 Å². The van der Waals surface area contributed by atoms with Gasteiger partial charge in [0, 0.05) is 11.3 Å². The molecule has 0 aliphatic rings. The van der Waals surface area contributed by atoms with Crippen LogP contribution in [0.1, 0.15) is 13.8 Å². The van der Waals surface area contributed by atoms with Gasteiger partial charge in [-0.3, -0.25) is 10.1 Å². The molecule has 7 heteroatoms. The Hall–Kier alpha value is -1.34. The molecule has 1 aromatic carbocycles. The maximum atomic E-state index is 13.4. The highest BCUT2D eigenvalue weighted by Crippen LogP contribution is 2.37. The minimum Gasteiger partial charge on any atom is -0.494 e. The number of hydrogen-bond donors (Lipinski definition) is 1. The van der Waals surface area contributed by atoms with Crippen LogP contribution < -0.4 is 4.74 Å². The van der Waals surface area contributed by atoms with Gasteiger partial charge in [0.2, 0.25) is 0 Å². The van der Waals surface area contributed by atoms with Gasteiger partial charge in [0.15, 0.2) is 11.6 Å². The lowest BCUT2D eigenvalue weighted by Crippen LogP contribution is -2.15. The van der Waals surface area contributed by atoms with Crippen LogP contribution in [0.3, 0.4) is 0 Å². The van der Waals surface area contributed by atoms with Gasteiger partial charge >= 0.3 is 0 Å². The summed E-state index contributed by atoms with van der Waals surface area (Å²) in [5.41, 5.74) is -0.328. The second-order valence-corrected chi connectivity index (χ2v) is 5.19. The number of halogens is 1. The molecule has 100 valence electrons. The van der Waals surface area contributed by atoms with E-state index in [0.717, 1.165) is 17.8 Å². The highest BCUT2D eigenvalue weighted by atomic mass is 32.2. The van der Waals surface area contributed by atoms with E-state index in [-0.39, 0.29) is 21.6 Å². The first-order chi connectivity index (χ1) is 8.36. The molecule has 0 radical (unpaired) electrons. The number of hydrogen-bond acceptors (Lipinski definition) is 5. The summed E-state index contributed by atoms with van der Waals surface area (Å²) in [4.78, 5) is 10.5. The minimum absolute atomic E-state index is 0.0547. The van der Waals surface area contributed by atoms with Gasteiger partial charge in [-0.05, 0) is 6.92 Å². The number of rotatable bonds is 5. The van der Waals surface area contributed by atoms with Crippen molar-refractivity contribution in [2.45, 2.75) is 30.1 Å². The molecule has 1 aromatic rings. The van der Waals surface area contributed by atoms with E-state index >= 15 is 0 Å². The minimum atomic E-state index is -0.779. The molecule has 0 saturated heterocycles. The van der Waals surface area contributed by atoms with Crippen LogP contribution in [0.5, 0.6) is 5.75 Å². The number of benzene rings is 1. The van der Waals surface area contributed by atoms with Crippen molar-refractivity contribution in [1.82, 2.24) is 0 Å². The maximum absolute atomic E-state index is 13.4. The van der Waals surface area contributed by atoms with E-state index in [1.54, 1.807) is 13.8 Å². The number of aliphatic hydroxyl groups excluding tert-OH is 1. The lowest BCUT2D eigenvalue weighted by Gasteiger charge is -2.14. The summed E-state index contributed by atoms with van der Waals surface area (Å²) in [6.45, 7) is 3.32. The number of thioether (sulfide) groups is 1. The fourth-order valence-electron chi connectivity index (χ4n) is 1.22. The molecule has 1 N–H and O–H groups in total. The van der Waals surface area contributed by atoms with Crippen molar-refractivity contribution >= 4 is 17.4 Å². The van der Waals surface area contributed by atoms with Crippen molar-refractivity contribution < 1.29 is 19.2 Å². The third kappa shape index (κ3) is 3.33. The van der Waals surface area contributed by atoms with Crippen LogP contribution in [-0.4, -0.2) is 28.5 Å². The standard InChI is InChI=1S/C11H14FNO4S/c1-6(14)7(2)18-11-5-10(17-3)8(12)4-9(11)13(15)16/h4-7,14H,1-3H3. The highest BCUT2D eigenvalue weighted by molar-refractivity contribution is 8.00. The normalized spacial score (nSPS) is 14.1. The lowest BCUT2D eigenvalue weighted by molar-refractivity contribution is -0.387. The Morgan fingerprint density at radius 3 is 2.56 bits per heavy atom. The molecule has 0 aliphatic carbocycles. The highest BCUT2D eigenvalue weighted by Gasteiger charge is 2.22. The van der Waals surface area contributed by atoms with E-state index < -0.39 is 16.8 Å². The number of aliphatic hydroxyl groups is 1. The molecule has 0 aliphatic heterocycles. The Morgan fingerprint density at radius 1 is 1.50 bits per heavy atom. The summed E-state index contributed by atoms with van der Waals surface area (Å²) < 4.78 is 18.2. The predicted molar refractivity (Wildman–Crippen MR) is 66.6 cm³/mol. The Kier molecular flexibility index (Phi) is 4.92. The number of ether oxygens (including phenoxy) is 1. The Balaban J connectivity index is 3.18. The van der Waals surface area contributed by atoms with Crippen LogP contribution in [0.2, 0.25) is 0 Å². The molecule has 2 atom stereocenters. The van der Waals surface area contributed by atoms with Crippen LogP contribution >= 0.6 is 11.8 Å². The fourth-order valence-corrected chi connectivity index (χ4v) is 2.24. The zero-order valence-corrected chi connectivity index (χ0v) is 11.0. The Labute approximate surface area is 108 Å². The molecule has 18 heavy (non-hydrogen) atoms. The summed E-state index contributed by atoms with van der Waals surface area (Å²) in [5.74, 6) is -0.834. The predicted octanol–water partition coefficient (Wildman–Crippen LogP) is 2.60. The van der Waals surface area contributed by atoms with E-state index in [1.807, 2.05) is 0 Å². The van der Waals surface area contributed by atoms with E-state index in [2.05, 4.69) is 0 Å². The third-order valence-corrected chi connectivity index (χ3v) is 3.77. The van der Waals surface area contributed by atoms with E-state index in [9.17, 15) is 19.6 Å². The van der Waals surface area contributed by atoms with E-state index in [4.69, 9.17) is 4.74 Å². The zero-order valence-electron chi connectivity index (χ0n) is 10.2. The van der Waals surface area contributed by atoms with Crippen molar-refractivity contribution in [1.29, 1.82) is 0 Å². The largest absolute Gasteiger partial charge is 0.494 e. The monoisotopic (exact) mass is 275 g/mol. The number of nitro groups is 1. The van der Waals surface area contributed by atoms with Gasteiger partial charge in [-0.2, -0.15) is 0 Å². The molecular weight excluding hydrogens is 261 g/mol. The molecule has 1 rings (SSSR count). The number of nitrogens with zero attached hydrogens (tertiary/aromatic N) is 1. The molecule has 0 amide bonds. The molecule has 5 nitrogen and oxygen atoms in total. The number of methoxy groups -OCH3 is 1. The first kappa shape index (κ1) is 14.7. The van der Waals surface area contributed by atoms with Crippen molar-refractivity contribution in [2.24, 2.45) is 0 Å². The van der Waals surface area contributed by atoms with Gasteiger partial charge in [0.1, 0.15) is 0 Å². The molecule has 0 saturated carbocycles. The first-order valence-electron chi connectivity index (χ1n) is 5.23. The van der Waals surface area contributed by atoms with E-state index in [0.29, 0.717) is 0 Å². The summed E-state index contributed by atoms with van der Waals surface area (Å²) in [7, 11) is 1.29. The molecule has 0 aromatic heterocycles. The Bertz CT molecular complexity index is 453. The molecular formula is C11H14FNO4S. The second-order valence-electron chi connectivity index (χ2n) is 3.78. The second kappa shape index (κ2) is 6.01. The molecule has 0 heterocycles. The first-order valence-corrected chi connectivity index (χ1v) is 6.11. The SMILES string of the molecule is COc1cc(SC(C)C(C)O)c([N+](=O)[O-])cc1F. The third-order valence-electron chi connectivity index (χ3n) is 2.42. The van der Waals surface area contributed by atoms with Gasteiger partial charge in [-0.15, -0.1) is 11.8 Å². The summed E-state index contributed by atoms with van der Waals surface area (Å²) in [5, 5.41) is 20.0. The van der Waals surface area contributed by atoms with Gasteiger partial charge < -0.3 is 9.84 Å². The van der Waals surface area contributed by atoms with Crippen molar-refractivity contribution in [3.05, 3.63) is 28.1 Å².